The molecule has 4 aliphatic rings. The van der Waals surface area contributed by atoms with Gasteiger partial charge in [-0.3, -0.25) is 0 Å². The van der Waals surface area contributed by atoms with Gasteiger partial charge in [-0.2, -0.15) is 0 Å². The summed E-state index contributed by atoms with van der Waals surface area (Å²) in [6.07, 6.45) is 10.5. The first-order valence-electron chi connectivity index (χ1n) is 7.59. The van der Waals surface area contributed by atoms with E-state index in [-0.39, 0.29) is 0 Å². The highest BCUT2D eigenvalue weighted by Crippen LogP contribution is 2.65. The molecule has 90 valence electrons. The summed E-state index contributed by atoms with van der Waals surface area (Å²) < 4.78 is 0. The topological polar surface area (TPSA) is 12.0 Å². The molecule has 0 aromatic carbocycles. The average molecular weight is 219 g/mol. The van der Waals surface area contributed by atoms with Gasteiger partial charge in [-0.05, 0) is 74.5 Å². The summed E-state index contributed by atoms with van der Waals surface area (Å²) >= 11 is 0. The van der Waals surface area contributed by atoms with Crippen LogP contribution in [0.5, 0.6) is 0 Å². The highest BCUT2D eigenvalue weighted by atomic mass is 15.0. The molecule has 4 aliphatic carbocycles. The fraction of sp³-hybridized carbons (Fsp3) is 1.00. The number of rotatable bonds is 2. The maximum Gasteiger partial charge on any atom is 0.0138 e. The lowest BCUT2D eigenvalue weighted by Gasteiger charge is -2.28. The third-order valence-corrected chi connectivity index (χ3v) is 6.18. The van der Waals surface area contributed by atoms with Gasteiger partial charge in [0, 0.05) is 12.1 Å². The number of fused-ring (bicyclic) bond motifs is 5. The van der Waals surface area contributed by atoms with Crippen LogP contribution in [0, 0.1) is 29.6 Å². The molecule has 1 N–H and O–H groups in total. The van der Waals surface area contributed by atoms with Gasteiger partial charge in [-0.25, -0.2) is 0 Å². The predicted molar refractivity (Wildman–Crippen MR) is 66.2 cm³/mol. The van der Waals surface area contributed by atoms with E-state index in [2.05, 4.69) is 12.2 Å². The molecule has 4 unspecified atom stereocenters. The molecule has 4 atom stereocenters. The van der Waals surface area contributed by atoms with E-state index in [0.29, 0.717) is 0 Å². The van der Waals surface area contributed by atoms with Crippen molar-refractivity contribution in [1.82, 2.24) is 5.32 Å². The smallest absolute Gasteiger partial charge is 0.0138 e. The quantitative estimate of drug-likeness (QED) is 0.752. The zero-order chi connectivity index (χ0) is 10.7. The van der Waals surface area contributed by atoms with Crippen LogP contribution in [0.3, 0.4) is 0 Å². The second-order valence-electron chi connectivity index (χ2n) is 7.14. The lowest BCUT2D eigenvalue weighted by atomic mass is 9.87. The second kappa shape index (κ2) is 3.48. The van der Waals surface area contributed by atoms with E-state index in [9.17, 15) is 0 Å². The Morgan fingerprint density at radius 3 is 2.06 bits per heavy atom. The van der Waals surface area contributed by atoms with Gasteiger partial charge in [0.15, 0.2) is 0 Å². The second-order valence-corrected chi connectivity index (χ2v) is 7.14. The van der Waals surface area contributed by atoms with Crippen LogP contribution in [0.1, 0.15) is 51.9 Å². The van der Waals surface area contributed by atoms with Crippen LogP contribution < -0.4 is 5.32 Å². The Bertz CT molecular complexity index is 263. The molecule has 16 heavy (non-hydrogen) atoms. The Morgan fingerprint density at radius 1 is 0.812 bits per heavy atom. The fourth-order valence-electron chi connectivity index (χ4n) is 5.25. The summed E-state index contributed by atoms with van der Waals surface area (Å²) in [6.45, 7) is 2.42. The van der Waals surface area contributed by atoms with E-state index in [1.165, 1.54) is 25.7 Å². The monoisotopic (exact) mass is 219 g/mol. The van der Waals surface area contributed by atoms with Gasteiger partial charge < -0.3 is 5.32 Å². The standard InChI is InChI=1S/C15H25N/c1-9-2-6-12(7-3-9)16-15-13-10-4-5-11(8-10)14(13)15/h9-16H,2-8H2,1H3. The molecule has 4 rings (SSSR count). The maximum atomic E-state index is 4.02. The van der Waals surface area contributed by atoms with Crippen molar-refractivity contribution in [2.24, 2.45) is 29.6 Å². The Labute approximate surface area is 99.4 Å². The van der Waals surface area contributed by atoms with Crippen molar-refractivity contribution in [3.8, 4) is 0 Å². The molecule has 4 saturated carbocycles. The van der Waals surface area contributed by atoms with Crippen LogP contribution >= 0.6 is 0 Å². The minimum Gasteiger partial charge on any atom is -0.311 e. The summed E-state index contributed by atoms with van der Waals surface area (Å²) in [5.41, 5.74) is 0. The van der Waals surface area contributed by atoms with E-state index in [1.807, 2.05) is 0 Å². The van der Waals surface area contributed by atoms with Crippen LogP contribution in [0.15, 0.2) is 0 Å². The summed E-state index contributed by atoms with van der Waals surface area (Å²) in [5.74, 6) is 5.51. The highest BCUT2D eigenvalue weighted by molar-refractivity contribution is 5.17. The largest absolute Gasteiger partial charge is 0.311 e. The van der Waals surface area contributed by atoms with Gasteiger partial charge in [-0.15, -0.1) is 0 Å². The number of nitrogens with one attached hydrogen (secondary N) is 1. The molecule has 0 aromatic heterocycles. The van der Waals surface area contributed by atoms with Crippen molar-refractivity contribution in [1.29, 1.82) is 0 Å². The van der Waals surface area contributed by atoms with E-state index < -0.39 is 0 Å². The SMILES string of the molecule is CC1CCC(NC2C3C4CCC(C4)C23)CC1. The van der Waals surface area contributed by atoms with E-state index >= 15 is 0 Å². The molecule has 0 spiro atoms. The summed E-state index contributed by atoms with van der Waals surface area (Å²) in [4.78, 5) is 0. The first-order chi connectivity index (χ1) is 7.83. The third kappa shape index (κ3) is 1.40. The molecule has 0 aromatic rings. The molecule has 0 amide bonds. The summed E-state index contributed by atoms with van der Waals surface area (Å²) in [6, 6.07) is 1.84. The molecule has 1 heteroatoms. The van der Waals surface area contributed by atoms with Crippen molar-refractivity contribution < 1.29 is 0 Å². The first kappa shape index (κ1) is 9.94. The van der Waals surface area contributed by atoms with Crippen molar-refractivity contribution >= 4 is 0 Å². The van der Waals surface area contributed by atoms with Gasteiger partial charge in [-0.1, -0.05) is 6.92 Å². The van der Waals surface area contributed by atoms with E-state index in [0.717, 1.165) is 41.7 Å². The molecule has 4 fully saturated rings. The van der Waals surface area contributed by atoms with Gasteiger partial charge in [0.2, 0.25) is 0 Å². The minimum atomic E-state index is 0.881. The Kier molecular flexibility index (Phi) is 2.16. The van der Waals surface area contributed by atoms with Gasteiger partial charge in [0.1, 0.15) is 0 Å². The van der Waals surface area contributed by atoms with Gasteiger partial charge in [0.05, 0.1) is 0 Å². The van der Waals surface area contributed by atoms with Crippen LogP contribution in [0.4, 0.5) is 0 Å². The predicted octanol–water partition coefficient (Wildman–Crippen LogP) is 3.20. The van der Waals surface area contributed by atoms with Crippen LogP contribution in [-0.4, -0.2) is 12.1 Å². The molecule has 0 aliphatic heterocycles. The van der Waals surface area contributed by atoms with Crippen LogP contribution in [0.25, 0.3) is 0 Å². The van der Waals surface area contributed by atoms with Crippen LogP contribution in [0.2, 0.25) is 0 Å². The lowest BCUT2D eigenvalue weighted by molar-refractivity contribution is 0.291. The Morgan fingerprint density at radius 2 is 1.44 bits per heavy atom. The van der Waals surface area contributed by atoms with E-state index in [4.69, 9.17) is 0 Å². The molecule has 0 heterocycles. The average Bonchev–Trinajstić information content (AvgIpc) is 2.72. The Hall–Kier alpha value is -0.0400. The Balaban J connectivity index is 1.34. The van der Waals surface area contributed by atoms with Crippen LogP contribution in [-0.2, 0) is 0 Å². The number of hydrogen-bond donors (Lipinski definition) is 1. The zero-order valence-corrected chi connectivity index (χ0v) is 10.5. The molecule has 0 saturated heterocycles. The summed E-state index contributed by atoms with van der Waals surface area (Å²) in [5, 5.41) is 4.02. The normalized spacial score (nSPS) is 58.7. The van der Waals surface area contributed by atoms with E-state index in [1.54, 1.807) is 19.3 Å². The number of hydrogen-bond acceptors (Lipinski definition) is 1. The molecule has 1 nitrogen and oxygen atoms in total. The minimum absolute atomic E-state index is 0.881. The third-order valence-electron chi connectivity index (χ3n) is 6.18. The highest BCUT2D eigenvalue weighted by Gasteiger charge is 2.64. The zero-order valence-electron chi connectivity index (χ0n) is 10.5. The molecular formula is C15H25N. The van der Waals surface area contributed by atoms with Gasteiger partial charge >= 0.3 is 0 Å². The fourth-order valence-corrected chi connectivity index (χ4v) is 5.25. The van der Waals surface area contributed by atoms with Crippen molar-refractivity contribution in [3.63, 3.8) is 0 Å². The van der Waals surface area contributed by atoms with Crippen molar-refractivity contribution in [3.05, 3.63) is 0 Å². The maximum absolute atomic E-state index is 4.02. The molecular weight excluding hydrogens is 194 g/mol. The van der Waals surface area contributed by atoms with Gasteiger partial charge in [0.25, 0.3) is 0 Å². The molecule has 0 radical (unpaired) electrons. The lowest BCUT2D eigenvalue weighted by Crippen LogP contribution is -2.36. The van der Waals surface area contributed by atoms with Crippen molar-refractivity contribution in [2.75, 3.05) is 0 Å². The summed E-state index contributed by atoms with van der Waals surface area (Å²) in [7, 11) is 0. The molecule has 2 bridgehead atoms. The van der Waals surface area contributed by atoms with Crippen molar-refractivity contribution in [2.45, 2.75) is 64.0 Å². The first-order valence-corrected chi connectivity index (χ1v) is 7.59.